The Balaban J connectivity index is 2.20. The molecule has 0 atom stereocenters. The third-order valence-corrected chi connectivity index (χ3v) is 3.23. The van der Waals surface area contributed by atoms with Crippen molar-refractivity contribution in [3.63, 3.8) is 0 Å². The summed E-state index contributed by atoms with van der Waals surface area (Å²) < 4.78 is 0. The van der Waals surface area contributed by atoms with Gasteiger partial charge in [0.05, 0.1) is 10.3 Å². The van der Waals surface area contributed by atoms with Gasteiger partial charge in [0.2, 0.25) is 0 Å². The van der Waals surface area contributed by atoms with E-state index in [0.29, 0.717) is 17.5 Å². The van der Waals surface area contributed by atoms with E-state index < -0.39 is 4.92 Å². The normalized spacial score (nSPS) is 16.6. The Morgan fingerprint density at radius 2 is 1.90 bits per heavy atom. The molecular formula is C14H11N3O3. The van der Waals surface area contributed by atoms with E-state index in [1.165, 1.54) is 6.07 Å². The van der Waals surface area contributed by atoms with Gasteiger partial charge >= 0.3 is 0 Å². The molecule has 0 spiro atoms. The Kier molecular flexibility index (Phi) is 2.92. The largest absolute Gasteiger partial charge is 0.287 e. The lowest BCUT2D eigenvalue weighted by Crippen LogP contribution is -2.25. The van der Waals surface area contributed by atoms with Crippen molar-refractivity contribution in [1.29, 1.82) is 0 Å². The number of amides is 1. The lowest BCUT2D eigenvalue weighted by atomic mass is 10.0. The highest BCUT2D eigenvalue weighted by molar-refractivity contribution is 6.03. The standard InChI is InChI=1S/C14H11N3O3/c18-14-10(8-15-16-14)7-9-3-1-5-12-11(9)4-2-6-13(12)17(19)20/h1-7,15H,8H2,(H,16,18)/b10-7+. The van der Waals surface area contributed by atoms with Crippen molar-refractivity contribution in [2.75, 3.05) is 6.54 Å². The maximum Gasteiger partial charge on any atom is 0.277 e. The molecule has 20 heavy (non-hydrogen) atoms. The smallest absolute Gasteiger partial charge is 0.277 e. The zero-order valence-corrected chi connectivity index (χ0v) is 10.4. The van der Waals surface area contributed by atoms with Gasteiger partial charge < -0.3 is 0 Å². The molecule has 1 saturated heterocycles. The SMILES string of the molecule is O=C1NNC/C1=C\c1cccc2c([N+](=O)[O-])cccc12. The van der Waals surface area contributed by atoms with Crippen LogP contribution in [0.2, 0.25) is 0 Å². The number of nitro benzene ring substituents is 1. The quantitative estimate of drug-likeness (QED) is 0.494. The number of hydrazine groups is 1. The van der Waals surface area contributed by atoms with E-state index in [-0.39, 0.29) is 11.6 Å². The summed E-state index contributed by atoms with van der Waals surface area (Å²) in [5.41, 5.74) is 6.71. The molecule has 100 valence electrons. The number of nitrogens with zero attached hydrogens (tertiary/aromatic N) is 1. The molecule has 0 aliphatic carbocycles. The predicted octanol–water partition coefficient (Wildman–Crippen LogP) is 1.77. The van der Waals surface area contributed by atoms with Crippen LogP contribution < -0.4 is 10.9 Å². The molecule has 0 unspecified atom stereocenters. The molecule has 2 aromatic rings. The highest BCUT2D eigenvalue weighted by Gasteiger charge is 2.17. The molecule has 1 aliphatic rings. The van der Waals surface area contributed by atoms with Crippen LogP contribution in [0.5, 0.6) is 0 Å². The Labute approximate surface area is 114 Å². The zero-order chi connectivity index (χ0) is 14.1. The third kappa shape index (κ3) is 2.02. The molecule has 3 rings (SSSR count). The lowest BCUT2D eigenvalue weighted by Gasteiger charge is -2.03. The van der Waals surface area contributed by atoms with E-state index in [9.17, 15) is 14.9 Å². The van der Waals surface area contributed by atoms with Gasteiger partial charge in [-0.25, -0.2) is 5.43 Å². The molecule has 1 heterocycles. The van der Waals surface area contributed by atoms with Gasteiger partial charge in [-0.2, -0.15) is 0 Å². The van der Waals surface area contributed by atoms with Crippen LogP contribution in [0.1, 0.15) is 5.56 Å². The monoisotopic (exact) mass is 269 g/mol. The molecule has 1 amide bonds. The Morgan fingerprint density at radius 3 is 2.60 bits per heavy atom. The first kappa shape index (κ1) is 12.3. The highest BCUT2D eigenvalue weighted by atomic mass is 16.6. The third-order valence-electron chi connectivity index (χ3n) is 3.23. The van der Waals surface area contributed by atoms with Crippen molar-refractivity contribution < 1.29 is 9.72 Å². The van der Waals surface area contributed by atoms with Gasteiger partial charge in [-0.15, -0.1) is 0 Å². The van der Waals surface area contributed by atoms with E-state index in [1.807, 2.05) is 12.1 Å². The number of benzene rings is 2. The molecule has 0 saturated carbocycles. The molecule has 1 fully saturated rings. The van der Waals surface area contributed by atoms with Crippen LogP contribution in [-0.2, 0) is 4.79 Å². The van der Waals surface area contributed by atoms with Gasteiger partial charge in [0.15, 0.2) is 0 Å². The van der Waals surface area contributed by atoms with Crippen molar-refractivity contribution in [3.05, 3.63) is 57.6 Å². The fourth-order valence-electron chi connectivity index (χ4n) is 2.29. The van der Waals surface area contributed by atoms with Crippen LogP contribution in [0.15, 0.2) is 42.0 Å². The second-order valence-corrected chi connectivity index (χ2v) is 4.45. The average molecular weight is 269 g/mol. The summed E-state index contributed by atoms with van der Waals surface area (Å²) in [6.45, 7) is 0.435. The Hall–Kier alpha value is -2.73. The van der Waals surface area contributed by atoms with Gasteiger partial charge in [-0.3, -0.25) is 20.3 Å². The van der Waals surface area contributed by atoms with Gasteiger partial charge in [0.25, 0.3) is 11.6 Å². The van der Waals surface area contributed by atoms with Crippen molar-refractivity contribution in [1.82, 2.24) is 10.9 Å². The molecule has 0 bridgehead atoms. The number of fused-ring (bicyclic) bond motifs is 1. The lowest BCUT2D eigenvalue weighted by molar-refractivity contribution is -0.383. The maximum absolute atomic E-state index is 11.5. The summed E-state index contributed by atoms with van der Waals surface area (Å²) in [5, 5.41) is 12.4. The number of nitro groups is 1. The van der Waals surface area contributed by atoms with Crippen LogP contribution in [0, 0.1) is 10.1 Å². The van der Waals surface area contributed by atoms with Crippen molar-refractivity contribution in [3.8, 4) is 0 Å². The summed E-state index contributed by atoms with van der Waals surface area (Å²) >= 11 is 0. The first-order valence-corrected chi connectivity index (χ1v) is 6.07. The summed E-state index contributed by atoms with van der Waals surface area (Å²) in [7, 11) is 0. The average Bonchev–Trinajstić information content (AvgIpc) is 2.84. The van der Waals surface area contributed by atoms with Crippen LogP contribution in [0.25, 0.3) is 16.8 Å². The van der Waals surface area contributed by atoms with Crippen LogP contribution >= 0.6 is 0 Å². The minimum Gasteiger partial charge on any atom is -0.287 e. The molecule has 1 aliphatic heterocycles. The Bertz CT molecular complexity index is 752. The fourth-order valence-corrected chi connectivity index (χ4v) is 2.29. The van der Waals surface area contributed by atoms with Gasteiger partial charge in [0.1, 0.15) is 0 Å². The summed E-state index contributed by atoms with van der Waals surface area (Å²) in [4.78, 5) is 22.2. The van der Waals surface area contributed by atoms with E-state index >= 15 is 0 Å². The first-order valence-electron chi connectivity index (χ1n) is 6.07. The number of carbonyl (C=O) groups excluding carboxylic acids is 1. The second-order valence-electron chi connectivity index (χ2n) is 4.45. The first-order chi connectivity index (χ1) is 9.66. The molecule has 0 aromatic heterocycles. The topological polar surface area (TPSA) is 84.3 Å². The molecular weight excluding hydrogens is 258 g/mol. The number of non-ortho nitro benzene ring substituents is 1. The summed E-state index contributed by atoms with van der Waals surface area (Å²) in [5.74, 6) is -0.174. The van der Waals surface area contributed by atoms with Crippen LogP contribution in [0.4, 0.5) is 5.69 Å². The molecule has 2 aromatic carbocycles. The molecule has 6 nitrogen and oxygen atoms in total. The van der Waals surface area contributed by atoms with Crippen LogP contribution in [0.3, 0.4) is 0 Å². The van der Waals surface area contributed by atoms with Crippen molar-refractivity contribution in [2.24, 2.45) is 0 Å². The molecule has 2 N–H and O–H groups in total. The molecule has 0 radical (unpaired) electrons. The van der Waals surface area contributed by atoms with Crippen molar-refractivity contribution >= 4 is 28.4 Å². The van der Waals surface area contributed by atoms with E-state index in [1.54, 1.807) is 24.3 Å². The van der Waals surface area contributed by atoms with Gasteiger partial charge in [0, 0.05) is 18.2 Å². The van der Waals surface area contributed by atoms with E-state index in [0.717, 1.165) is 10.9 Å². The van der Waals surface area contributed by atoms with Gasteiger partial charge in [-0.1, -0.05) is 24.3 Å². The van der Waals surface area contributed by atoms with E-state index in [2.05, 4.69) is 10.9 Å². The number of nitrogens with one attached hydrogen (secondary N) is 2. The molecule has 6 heteroatoms. The van der Waals surface area contributed by atoms with Crippen molar-refractivity contribution in [2.45, 2.75) is 0 Å². The number of hydrogen-bond acceptors (Lipinski definition) is 4. The van der Waals surface area contributed by atoms with Gasteiger partial charge in [-0.05, 0) is 23.1 Å². The maximum atomic E-state index is 11.5. The minimum absolute atomic E-state index is 0.0664. The fraction of sp³-hybridized carbons (Fsp3) is 0.0714. The predicted molar refractivity (Wildman–Crippen MR) is 74.7 cm³/mol. The van der Waals surface area contributed by atoms with Crippen LogP contribution in [-0.4, -0.2) is 17.4 Å². The highest BCUT2D eigenvalue weighted by Crippen LogP contribution is 2.28. The number of carbonyl (C=O) groups is 1. The summed E-state index contributed by atoms with van der Waals surface area (Å²) in [6, 6.07) is 10.2. The van der Waals surface area contributed by atoms with E-state index in [4.69, 9.17) is 0 Å². The zero-order valence-electron chi connectivity index (χ0n) is 10.4. The Morgan fingerprint density at radius 1 is 1.15 bits per heavy atom. The number of rotatable bonds is 2. The number of hydrogen-bond donors (Lipinski definition) is 2. The minimum atomic E-state index is -0.400. The summed E-state index contributed by atoms with van der Waals surface area (Å²) in [6.07, 6.45) is 1.75. The second kappa shape index (κ2) is 4.75.